The van der Waals surface area contributed by atoms with E-state index in [0.717, 1.165) is 35.5 Å². The number of aromatic nitrogens is 4. The zero-order chi connectivity index (χ0) is 17.2. The molecule has 0 radical (unpaired) electrons. The Morgan fingerprint density at radius 2 is 1.73 bits per heavy atom. The Kier molecular flexibility index (Phi) is 5.52. The Balaban J connectivity index is 0.00000196. The molecule has 1 aromatic carbocycles. The molecular formula is C19H21ClFN5. The van der Waals surface area contributed by atoms with Crippen molar-refractivity contribution >= 4 is 18.4 Å². The van der Waals surface area contributed by atoms with Crippen molar-refractivity contribution in [2.24, 2.45) is 0 Å². The van der Waals surface area contributed by atoms with Gasteiger partial charge in [0.1, 0.15) is 5.82 Å². The van der Waals surface area contributed by atoms with Crippen molar-refractivity contribution in [3.05, 3.63) is 48.7 Å². The van der Waals surface area contributed by atoms with E-state index in [0.29, 0.717) is 6.04 Å². The second-order valence-electron chi connectivity index (χ2n) is 6.45. The van der Waals surface area contributed by atoms with Crippen LogP contribution in [0.25, 0.3) is 22.6 Å². The molecule has 1 saturated carbocycles. The average molecular weight is 374 g/mol. The zero-order valence-electron chi connectivity index (χ0n) is 14.3. The van der Waals surface area contributed by atoms with E-state index >= 15 is 0 Å². The molecule has 5 nitrogen and oxygen atoms in total. The second-order valence-corrected chi connectivity index (χ2v) is 6.45. The molecule has 1 fully saturated rings. The van der Waals surface area contributed by atoms with E-state index in [1.165, 1.54) is 31.4 Å². The van der Waals surface area contributed by atoms with Crippen LogP contribution in [0.1, 0.15) is 38.1 Å². The molecule has 3 aromatic rings. The van der Waals surface area contributed by atoms with E-state index in [9.17, 15) is 4.39 Å². The normalized spacial score (nSPS) is 14.8. The minimum atomic E-state index is -0.261. The monoisotopic (exact) mass is 373 g/mol. The van der Waals surface area contributed by atoms with Gasteiger partial charge >= 0.3 is 0 Å². The lowest BCUT2D eigenvalue weighted by atomic mass is 9.95. The van der Waals surface area contributed by atoms with Gasteiger partial charge in [0.05, 0.1) is 23.4 Å². The average Bonchev–Trinajstić information content (AvgIpc) is 3.08. The van der Waals surface area contributed by atoms with Gasteiger partial charge in [-0.3, -0.25) is 0 Å². The maximum Gasteiger partial charge on any atom is 0.220 e. The van der Waals surface area contributed by atoms with Crippen LogP contribution >= 0.6 is 12.4 Å². The molecule has 1 aliphatic rings. The Labute approximate surface area is 157 Å². The lowest BCUT2D eigenvalue weighted by molar-refractivity contribution is 0.355. The van der Waals surface area contributed by atoms with Crippen molar-refractivity contribution in [2.75, 3.05) is 5.73 Å². The first-order valence-corrected chi connectivity index (χ1v) is 8.64. The van der Waals surface area contributed by atoms with Crippen LogP contribution in [0.4, 0.5) is 10.3 Å². The molecule has 7 heteroatoms. The van der Waals surface area contributed by atoms with Gasteiger partial charge in [0.2, 0.25) is 5.95 Å². The highest BCUT2D eigenvalue weighted by Gasteiger charge is 2.23. The van der Waals surface area contributed by atoms with Gasteiger partial charge in [-0.05, 0) is 43.2 Å². The van der Waals surface area contributed by atoms with E-state index < -0.39 is 0 Å². The topological polar surface area (TPSA) is 69.6 Å². The van der Waals surface area contributed by atoms with Gasteiger partial charge in [0, 0.05) is 17.8 Å². The van der Waals surface area contributed by atoms with Crippen molar-refractivity contribution in [1.29, 1.82) is 0 Å². The second kappa shape index (κ2) is 7.83. The van der Waals surface area contributed by atoms with E-state index in [1.54, 1.807) is 18.3 Å². The fourth-order valence-corrected chi connectivity index (χ4v) is 3.58. The lowest BCUT2D eigenvalue weighted by Gasteiger charge is -2.25. The summed E-state index contributed by atoms with van der Waals surface area (Å²) in [7, 11) is 0. The maximum atomic E-state index is 13.3. The summed E-state index contributed by atoms with van der Waals surface area (Å²) in [4.78, 5) is 13.0. The van der Waals surface area contributed by atoms with Crippen LogP contribution in [0.5, 0.6) is 0 Å². The van der Waals surface area contributed by atoms with Gasteiger partial charge in [-0.15, -0.1) is 12.4 Å². The number of halogens is 2. The molecular weight excluding hydrogens is 353 g/mol. The van der Waals surface area contributed by atoms with Gasteiger partial charge in [0.25, 0.3) is 0 Å². The molecule has 0 spiro atoms. The summed E-state index contributed by atoms with van der Waals surface area (Å²) >= 11 is 0. The number of imidazole rings is 1. The molecule has 4 rings (SSSR count). The number of hydrogen-bond acceptors (Lipinski definition) is 4. The minimum Gasteiger partial charge on any atom is -0.368 e. The van der Waals surface area contributed by atoms with Crippen molar-refractivity contribution in [3.63, 3.8) is 0 Å². The van der Waals surface area contributed by atoms with Crippen LogP contribution < -0.4 is 5.73 Å². The predicted octanol–water partition coefficient (Wildman–Crippen LogP) is 4.66. The third-order valence-corrected chi connectivity index (χ3v) is 4.80. The number of rotatable bonds is 3. The summed E-state index contributed by atoms with van der Waals surface area (Å²) in [5.74, 6) is -0.0257. The molecule has 0 bridgehead atoms. The molecule has 136 valence electrons. The fourth-order valence-electron chi connectivity index (χ4n) is 3.58. The zero-order valence-corrected chi connectivity index (χ0v) is 15.1. The minimum absolute atomic E-state index is 0. The Hall–Kier alpha value is -2.47. The highest BCUT2D eigenvalue weighted by molar-refractivity contribution is 5.85. The molecule has 0 amide bonds. The number of hydrogen-bond donors (Lipinski definition) is 1. The first-order valence-electron chi connectivity index (χ1n) is 8.64. The SMILES string of the molecule is Cl.Nc1nccc(-c2c(-c3ccc(F)cc3)ncn2C2CCCCC2)n1. The van der Waals surface area contributed by atoms with Gasteiger partial charge in [-0.25, -0.2) is 19.3 Å². The predicted molar refractivity (Wildman–Crippen MR) is 102 cm³/mol. The number of benzene rings is 1. The Morgan fingerprint density at radius 3 is 2.42 bits per heavy atom. The molecule has 2 N–H and O–H groups in total. The van der Waals surface area contributed by atoms with E-state index in [1.807, 2.05) is 12.4 Å². The Bertz CT molecular complexity index is 872. The number of nitrogen functional groups attached to an aromatic ring is 1. The fraction of sp³-hybridized carbons (Fsp3) is 0.316. The van der Waals surface area contributed by atoms with Crippen molar-refractivity contribution < 1.29 is 4.39 Å². The van der Waals surface area contributed by atoms with E-state index in [-0.39, 0.29) is 24.2 Å². The largest absolute Gasteiger partial charge is 0.368 e. The standard InChI is InChI=1S/C19H20FN5.ClH/c20-14-8-6-13(7-9-14)17-18(16-10-11-22-19(21)24-16)25(12-23-17)15-4-2-1-3-5-15;/h6-12,15H,1-5H2,(H2,21,22,24);1H. The van der Waals surface area contributed by atoms with Crippen LogP contribution in [0.15, 0.2) is 42.9 Å². The maximum absolute atomic E-state index is 13.3. The van der Waals surface area contributed by atoms with Crippen LogP contribution in [-0.2, 0) is 0 Å². The third kappa shape index (κ3) is 3.55. The van der Waals surface area contributed by atoms with E-state index in [4.69, 9.17) is 5.73 Å². The van der Waals surface area contributed by atoms with E-state index in [2.05, 4.69) is 19.5 Å². The van der Waals surface area contributed by atoms with Crippen molar-refractivity contribution in [3.8, 4) is 22.6 Å². The molecule has 2 aromatic heterocycles. The van der Waals surface area contributed by atoms with Crippen molar-refractivity contribution in [2.45, 2.75) is 38.1 Å². The van der Waals surface area contributed by atoms with Crippen LogP contribution in [0.2, 0.25) is 0 Å². The molecule has 0 aliphatic heterocycles. The molecule has 26 heavy (non-hydrogen) atoms. The highest BCUT2D eigenvalue weighted by Crippen LogP contribution is 2.37. The van der Waals surface area contributed by atoms with Crippen molar-refractivity contribution in [1.82, 2.24) is 19.5 Å². The summed E-state index contributed by atoms with van der Waals surface area (Å²) in [5, 5.41) is 0. The van der Waals surface area contributed by atoms with Crippen LogP contribution in [0, 0.1) is 5.82 Å². The van der Waals surface area contributed by atoms with Gasteiger partial charge in [-0.2, -0.15) is 0 Å². The number of nitrogens with zero attached hydrogens (tertiary/aromatic N) is 4. The summed E-state index contributed by atoms with van der Waals surface area (Å²) in [6.07, 6.45) is 9.53. The first kappa shape index (κ1) is 18.3. The quantitative estimate of drug-likeness (QED) is 0.725. The summed E-state index contributed by atoms with van der Waals surface area (Å²) in [6, 6.07) is 8.65. The molecule has 0 saturated heterocycles. The van der Waals surface area contributed by atoms with Crippen LogP contribution in [-0.4, -0.2) is 19.5 Å². The molecule has 1 aliphatic carbocycles. The molecule has 0 atom stereocenters. The molecule has 2 heterocycles. The highest BCUT2D eigenvalue weighted by atomic mass is 35.5. The van der Waals surface area contributed by atoms with Gasteiger partial charge < -0.3 is 10.3 Å². The summed E-state index contributed by atoms with van der Waals surface area (Å²) in [6.45, 7) is 0. The number of anilines is 1. The summed E-state index contributed by atoms with van der Waals surface area (Å²) in [5.41, 5.74) is 9.13. The van der Waals surface area contributed by atoms with Gasteiger partial charge in [0.15, 0.2) is 0 Å². The smallest absolute Gasteiger partial charge is 0.220 e. The van der Waals surface area contributed by atoms with Crippen LogP contribution in [0.3, 0.4) is 0 Å². The Morgan fingerprint density at radius 1 is 1.00 bits per heavy atom. The number of nitrogens with two attached hydrogens (primary N) is 1. The molecule has 0 unspecified atom stereocenters. The summed E-state index contributed by atoms with van der Waals surface area (Å²) < 4.78 is 15.5. The first-order chi connectivity index (χ1) is 12.2. The lowest BCUT2D eigenvalue weighted by Crippen LogP contribution is -2.13. The van der Waals surface area contributed by atoms with Gasteiger partial charge in [-0.1, -0.05) is 19.3 Å². The third-order valence-electron chi connectivity index (χ3n) is 4.80.